The van der Waals surface area contributed by atoms with E-state index >= 15 is 0 Å². The van der Waals surface area contributed by atoms with E-state index < -0.39 is 28.7 Å². The second-order valence-electron chi connectivity index (χ2n) is 11.0. The Morgan fingerprint density at radius 2 is 1.60 bits per heavy atom. The van der Waals surface area contributed by atoms with Gasteiger partial charge in [0, 0.05) is 18.1 Å². The fraction of sp³-hybridized carbons (Fsp3) is 0.405. The molecule has 0 atom stereocenters. The van der Waals surface area contributed by atoms with Gasteiger partial charge in [0.15, 0.2) is 17.3 Å². The number of carbonyl (C=O) groups is 1. The number of unbranched alkanes of at least 4 members (excludes halogenated alkanes) is 5. The number of hydrogen-bond acceptors (Lipinski definition) is 8. The summed E-state index contributed by atoms with van der Waals surface area (Å²) < 4.78 is 16.8. The minimum absolute atomic E-state index is 0.0811. The van der Waals surface area contributed by atoms with Gasteiger partial charge in [0.2, 0.25) is 11.2 Å². The minimum atomic E-state index is -0.815. The van der Waals surface area contributed by atoms with Crippen LogP contribution in [0.5, 0.6) is 17.2 Å². The average molecular weight is 621 g/mol. The molecule has 0 saturated heterocycles. The zero-order valence-corrected chi connectivity index (χ0v) is 27.0. The Hall–Kier alpha value is -4.46. The highest BCUT2D eigenvalue weighted by Gasteiger charge is 2.21. The number of ether oxygens (including phenoxy) is 2. The molecule has 0 saturated carbocycles. The Bertz CT molecular complexity index is 1540. The van der Waals surface area contributed by atoms with Gasteiger partial charge in [-0.05, 0) is 77.5 Å². The van der Waals surface area contributed by atoms with E-state index in [2.05, 4.69) is 50.0 Å². The molecule has 0 radical (unpaired) electrons. The lowest BCUT2D eigenvalue weighted by Gasteiger charge is -2.11. The molecule has 2 rings (SSSR count). The number of aliphatic hydroxyl groups is 1. The van der Waals surface area contributed by atoms with Gasteiger partial charge in [-0.15, -0.1) is 0 Å². The molecule has 0 bridgehead atoms. The van der Waals surface area contributed by atoms with Crippen molar-refractivity contribution in [3.05, 3.63) is 87.3 Å². The first kappa shape index (κ1) is 36.7. The molecule has 0 spiro atoms. The molecular weight excluding hydrogens is 572 g/mol. The highest BCUT2D eigenvalue weighted by Crippen LogP contribution is 2.33. The molecule has 0 unspecified atom stereocenters. The summed E-state index contributed by atoms with van der Waals surface area (Å²) in [5.74, 6) is -2.19. The summed E-state index contributed by atoms with van der Waals surface area (Å²) in [4.78, 5) is 26.4. The predicted molar refractivity (Wildman–Crippen MR) is 179 cm³/mol. The average Bonchev–Trinajstić information content (AvgIpc) is 2.97. The van der Waals surface area contributed by atoms with Crippen molar-refractivity contribution >= 4 is 18.3 Å². The minimum Gasteiger partial charge on any atom is -0.507 e. The molecule has 1 heterocycles. The molecule has 0 fully saturated rings. The van der Waals surface area contributed by atoms with Gasteiger partial charge in [-0.1, -0.05) is 69.2 Å². The summed E-state index contributed by atoms with van der Waals surface area (Å²) in [6, 6.07) is 3.78. The van der Waals surface area contributed by atoms with Crippen LogP contribution >= 0.6 is 0 Å². The van der Waals surface area contributed by atoms with Crippen LogP contribution in [-0.4, -0.2) is 27.4 Å². The summed E-state index contributed by atoms with van der Waals surface area (Å²) in [6.45, 7) is 11.2. The highest BCUT2D eigenvalue weighted by molar-refractivity contribution is 5.76. The topological polar surface area (TPSA) is 126 Å². The zero-order valence-electron chi connectivity index (χ0n) is 27.0. The summed E-state index contributed by atoms with van der Waals surface area (Å²) >= 11 is 0. The van der Waals surface area contributed by atoms with Crippen molar-refractivity contribution < 1.29 is 34.0 Å². The Morgan fingerprint density at radius 1 is 0.956 bits per heavy atom. The Balaban J connectivity index is 2.07. The van der Waals surface area contributed by atoms with Gasteiger partial charge in [0.25, 0.3) is 0 Å². The standard InChI is InChI=1S/C37H48O8/c1-6-7-8-9-10-11-12-13-14-15-16-17-18-19-20-21-33(41)45-37-35(42)34(32(40)24-27(4)43-26(2)3)28(5)44-36(37)29-22-23-30(38)31(39)25-29/h7-8,10-11,13-14,22-26,38-40H,5-6,9,12,15-21H2,1-4H3/b8-7-,11-10-,14-13-,27-24+,34-32-. The van der Waals surface area contributed by atoms with E-state index in [1.165, 1.54) is 24.3 Å². The van der Waals surface area contributed by atoms with Crippen molar-refractivity contribution in [2.24, 2.45) is 0 Å². The highest BCUT2D eigenvalue weighted by atomic mass is 16.5. The summed E-state index contributed by atoms with van der Waals surface area (Å²) in [7, 11) is 0. The summed E-state index contributed by atoms with van der Waals surface area (Å²) in [5, 5.41) is 30.2. The van der Waals surface area contributed by atoms with Crippen LogP contribution < -0.4 is 20.8 Å². The lowest BCUT2D eigenvalue weighted by molar-refractivity contribution is -0.134. The molecule has 2 aromatic rings. The molecule has 0 aliphatic carbocycles. The molecule has 244 valence electrons. The van der Waals surface area contributed by atoms with E-state index in [1.54, 1.807) is 6.92 Å². The number of aromatic hydroxyl groups is 2. The number of benzene rings is 1. The van der Waals surface area contributed by atoms with Gasteiger partial charge in [-0.3, -0.25) is 9.59 Å². The van der Waals surface area contributed by atoms with E-state index in [4.69, 9.17) is 13.9 Å². The first-order valence-corrected chi connectivity index (χ1v) is 15.7. The molecule has 0 aliphatic heterocycles. The monoisotopic (exact) mass is 620 g/mol. The Labute approximate surface area is 266 Å². The van der Waals surface area contributed by atoms with Gasteiger partial charge in [-0.25, -0.2) is 0 Å². The van der Waals surface area contributed by atoms with Crippen LogP contribution in [0.4, 0.5) is 0 Å². The molecular formula is C37H48O8. The number of carbonyl (C=O) groups excluding carboxylic acids is 1. The van der Waals surface area contributed by atoms with Crippen LogP contribution in [0.25, 0.3) is 23.7 Å². The van der Waals surface area contributed by atoms with Gasteiger partial charge in [-0.2, -0.15) is 0 Å². The van der Waals surface area contributed by atoms with Crippen molar-refractivity contribution in [2.75, 3.05) is 0 Å². The zero-order chi connectivity index (χ0) is 33.2. The van der Waals surface area contributed by atoms with Gasteiger partial charge in [0.05, 0.1) is 11.9 Å². The molecule has 8 nitrogen and oxygen atoms in total. The predicted octanol–water partition coefficient (Wildman–Crippen LogP) is 7.62. The van der Waals surface area contributed by atoms with Crippen LogP contribution in [0.15, 0.2) is 75.7 Å². The maximum absolute atomic E-state index is 13.6. The normalized spacial score (nSPS) is 13.0. The maximum Gasteiger partial charge on any atom is 0.311 e. The number of phenolic OH excluding ortho intramolecular Hbond substituents is 2. The third-order valence-electron chi connectivity index (χ3n) is 6.65. The van der Waals surface area contributed by atoms with Gasteiger partial charge < -0.3 is 29.2 Å². The Morgan fingerprint density at radius 3 is 2.27 bits per heavy atom. The fourth-order valence-electron chi connectivity index (χ4n) is 4.49. The lowest BCUT2D eigenvalue weighted by Crippen LogP contribution is -2.41. The quantitative estimate of drug-likeness (QED) is 0.0511. The maximum atomic E-state index is 13.6. The van der Waals surface area contributed by atoms with E-state index in [1.807, 2.05) is 13.8 Å². The van der Waals surface area contributed by atoms with Crippen LogP contribution in [-0.2, 0) is 9.53 Å². The smallest absolute Gasteiger partial charge is 0.311 e. The van der Waals surface area contributed by atoms with E-state index in [-0.39, 0.29) is 40.2 Å². The lowest BCUT2D eigenvalue weighted by atomic mass is 10.1. The molecule has 1 aromatic carbocycles. The van der Waals surface area contributed by atoms with Gasteiger partial charge >= 0.3 is 5.97 Å². The number of esters is 1. The molecule has 3 N–H and O–H groups in total. The number of allylic oxidation sites excluding steroid dienone is 7. The van der Waals surface area contributed by atoms with Crippen LogP contribution in [0.1, 0.15) is 91.9 Å². The fourth-order valence-corrected chi connectivity index (χ4v) is 4.49. The van der Waals surface area contributed by atoms with Crippen LogP contribution in [0, 0.1) is 0 Å². The molecule has 8 heteroatoms. The van der Waals surface area contributed by atoms with E-state index in [9.17, 15) is 24.9 Å². The second kappa shape index (κ2) is 19.7. The molecule has 0 amide bonds. The number of hydrogen-bond donors (Lipinski definition) is 3. The van der Waals surface area contributed by atoms with Crippen LogP contribution in [0.2, 0.25) is 0 Å². The first-order chi connectivity index (χ1) is 21.5. The third kappa shape index (κ3) is 13.0. The van der Waals surface area contributed by atoms with Crippen molar-refractivity contribution in [3.63, 3.8) is 0 Å². The second-order valence-corrected chi connectivity index (χ2v) is 11.0. The van der Waals surface area contributed by atoms with Crippen molar-refractivity contribution in [1.82, 2.24) is 0 Å². The summed E-state index contributed by atoms with van der Waals surface area (Å²) in [5.41, 5.74) is -0.824. The van der Waals surface area contributed by atoms with E-state index in [0.717, 1.165) is 51.4 Å². The number of rotatable bonds is 18. The van der Waals surface area contributed by atoms with Crippen LogP contribution in [0.3, 0.4) is 0 Å². The number of phenols is 2. The van der Waals surface area contributed by atoms with E-state index in [0.29, 0.717) is 12.2 Å². The largest absolute Gasteiger partial charge is 0.507 e. The van der Waals surface area contributed by atoms with Crippen molar-refractivity contribution in [3.8, 4) is 28.6 Å². The Kier molecular flexibility index (Phi) is 16.1. The van der Waals surface area contributed by atoms with Crippen molar-refractivity contribution in [2.45, 2.75) is 98.0 Å². The molecule has 1 aromatic heterocycles. The SMILES string of the molecule is C=c1oc(-c2ccc(O)c(O)c2)c(OC(=O)CCCCCCC/C=C\C/C=C\C/C=C\CC)c(=O)/c1=C(O)/C=C(\C)OC(C)C. The third-order valence-corrected chi connectivity index (χ3v) is 6.65. The molecule has 0 aliphatic rings. The number of aliphatic hydroxyl groups excluding tert-OH is 1. The van der Waals surface area contributed by atoms with Gasteiger partial charge in [0.1, 0.15) is 16.4 Å². The summed E-state index contributed by atoms with van der Waals surface area (Å²) in [6.07, 6.45) is 22.8. The van der Waals surface area contributed by atoms with Crippen molar-refractivity contribution in [1.29, 1.82) is 0 Å². The first-order valence-electron chi connectivity index (χ1n) is 15.7. The molecule has 45 heavy (non-hydrogen) atoms.